The second-order valence-corrected chi connectivity index (χ2v) is 4.49. The van der Waals surface area contributed by atoms with Crippen molar-refractivity contribution in [2.45, 2.75) is 0 Å². The lowest BCUT2D eigenvalue weighted by molar-refractivity contribution is 1.33. The van der Waals surface area contributed by atoms with Gasteiger partial charge in [-0.2, -0.15) is 0 Å². The molecule has 3 aromatic rings. The molecule has 3 rings (SSSR count). The van der Waals surface area contributed by atoms with Gasteiger partial charge in [0.1, 0.15) is 0 Å². The van der Waals surface area contributed by atoms with Crippen LogP contribution in [0.3, 0.4) is 0 Å². The Bertz CT molecular complexity index is 742. The van der Waals surface area contributed by atoms with Gasteiger partial charge >= 0.3 is 0 Å². The van der Waals surface area contributed by atoms with E-state index >= 15 is 0 Å². The van der Waals surface area contributed by atoms with E-state index in [4.69, 9.17) is 17.3 Å². The standard InChI is InChI=1S/C14H11ClN4/c15-10-3-4-13(14-9(10)2-1-6-18-14)19-12-5-7-17-8-11(12)16/h1-8H,16H2,(H,17,19). The van der Waals surface area contributed by atoms with Crippen LogP contribution in [0.5, 0.6) is 0 Å². The molecule has 0 saturated carbocycles. The lowest BCUT2D eigenvalue weighted by Crippen LogP contribution is -1.98. The topological polar surface area (TPSA) is 63.8 Å². The molecule has 3 N–H and O–H groups in total. The highest BCUT2D eigenvalue weighted by Gasteiger charge is 2.07. The molecule has 5 heteroatoms. The summed E-state index contributed by atoms with van der Waals surface area (Å²) >= 11 is 6.16. The van der Waals surface area contributed by atoms with Crippen molar-refractivity contribution in [1.29, 1.82) is 0 Å². The molecule has 2 heterocycles. The van der Waals surface area contributed by atoms with E-state index in [9.17, 15) is 0 Å². The number of pyridine rings is 2. The summed E-state index contributed by atoms with van der Waals surface area (Å²) < 4.78 is 0. The van der Waals surface area contributed by atoms with Gasteiger partial charge in [0.25, 0.3) is 0 Å². The Kier molecular flexibility index (Phi) is 2.93. The summed E-state index contributed by atoms with van der Waals surface area (Å²) in [6.45, 7) is 0. The third-order valence-corrected chi connectivity index (χ3v) is 3.17. The van der Waals surface area contributed by atoms with Crippen molar-refractivity contribution in [2.75, 3.05) is 11.1 Å². The highest BCUT2D eigenvalue weighted by atomic mass is 35.5. The van der Waals surface area contributed by atoms with Gasteiger partial charge in [-0.3, -0.25) is 9.97 Å². The number of hydrogen-bond acceptors (Lipinski definition) is 4. The van der Waals surface area contributed by atoms with Gasteiger partial charge in [-0.25, -0.2) is 0 Å². The van der Waals surface area contributed by atoms with E-state index in [0.29, 0.717) is 10.7 Å². The molecule has 4 nitrogen and oxygen atoms in total. The lowest BCUT2D eigenvalue weighted by Gasteiger charge is -2.11. The van der Waals surface area contributed by atoms with Crippen LogP contribution in [-0.2, 0) is 0 Å². The maximum absolute atomic E-state index is 6.16. The van der Waals surface area contributed by atoms with Crippen molar-refractivity contribution < 1.29 is 0 Å². The van der Waals surface area contributed by atoms with E-state index in [1.807, 2.05) is 30.3 Å². The molecule has 2 aromatic heterocycles. The summed E-state index contributed by atoms with van der Waals surface area (Å²) in [5.74, 6) is 0. The Morgan fingerprint density at radius 1 is 1.05 bits per heavy atom. The van der Waals surface area contributed by atoms with E-state index in [1.54, 1.807) is 18.6 Å². The van der Waals surface area contributed by atoms with E-state index in [1.165, 1.54) is 0 Å². The van der Waals surface area contributed by atoms with Crippen molar-refractivity contribution in [3.63, 3.8) is 0 Å². The number of nitrogens with one attached hydrogen (secondary N) is 1. The van der Waals surface area contributed by atoms with Gasteiger partial charge in [-0.15, -0.1) is 0 Å². The molecule has 0 amide bonds. The van der Waals surface area contributed by atoms with Crippen molar-refractivity contribution >= 4 is 39.6 Å². The summed E-state index contributed by atoms with van der Waals surface area (Å²) in [4.78, 5) is 8.33. The smallest absolute Gasteiger partial charge is 0.0951 e. The molecule has 0 spiro atoms. The van der Waals surface area contributed by atoms with Gasteiger partial charge in [0.15, 0.2) is 0 Å². The summed E-state index contributed by atoms with van der Waals surface area (Å²) in [7, 11) is 0. The first-order chi connectivity index (χ1) is 9.25. The van der Waals surface area contributed by atoms with E-state index < -0.39 is 0 Å². The molecule has 1 aromatic carbocycles. The molecule has 0 aliphatic carbocycles. The number of nitrogens with zero attached hydrogens (tertiary/aromatic N) is 2. The van der Waals surface area contributed by atoms with Gasteiger partial charge < -0.3 is 11.1 Å². The predicted octanol–water partition coefficient (Wildman–Crippen LogP) is 3.61. The summed E-state index contributed by atoms with van der Waals surface area (Å²) in [6.07, 6.45) is 5.03. The number of anilines is 3. The zero-order valence-electron chi connectivity index (χ0n) is 9.97. The molecule has 94 valence electrons. The molecule has 0 aliphatic heterocycles. The van der Waals surface area contributed by atoms with E-state index in [0.717, 1.165) is 22.3 Å². The molecule has 0 bridgehead atoms. The van der Waals surface area contributed by atoms with E-state index in [2.05, 4.69) is 15.3 Å². The first-order valence-electron chi connectivity index (χ1n) is 5.75. The number of benzene rings is 1. The van der Waals surface area contributed by atoms with Gasteiger partial charge in [0.2, 0.25) is 0 Å². The quantitative estimate of drug-likeness (QED) is 0.747. The number of aromatic nitrogens is 2. The number of nitrogen functional groups attached to an aromatic ring is 1. The molecule has 0 atom stereocenters. The second kappa shape index (κ2) is 4.74. The molecular weight excluding hydrogens is 260 g/mol. The Labute approximate surface area is 115 Å². The fourth-order valence-electron chi connectivity index (χ4n) is 1.90. The first kappa shape index (κ1) is 11.7. The van der Waals surface area contributed by atoms with Crippen molar-refractivity contribution in [1.82, 2.24) is 9.97 Å². The third kappa shape index (κ3) is 2.18. The van der Waals surface area contributed by atoms with Crippen LogP contribution in [0.1, 0.15) is 0 Å². The summed E-state index contributed by atoms with van der Waals surface area (Å²) in [5, 5.41) is 4.84. The Morgan fingerprint density at radius 3 is 2.79 bits per heavy atom. The van der Waals surface area contributed by atoms with Crippen LogP contribution >= 0.6 is 11.6 Å². The number of hydrogen-bond donors (Lipinski definition) is 2. The van der Waals surface area contributed by atoms with Crippen molar-refractivity contribution in [3.8, 4) is 0 Å². The van der Waals surface area contributed by atoms with Crippen LogP contribution in [-0.4, -0.2) is 9.97 Å². The fourth-order valence-corrected chi connectivity index (χ4v) is 2.12. The Morgan fingerprint density at radius 2 is 1.95 bits per heavy atom. The summed E-state index contributed by atoms with van der Waals surface area (Å²) in [5.41, 5.74) is 8.92. The largest absolute Gasteiger partial charge is 0.396 e. The van der Waals surface area contributed by atoms with Crippen molar-refractivity contribution in [2.24, 2.45) is 0 Å². The molecule has 0 unspecified atom stereocenters. The molecule has 0 fully saturated rings. The zero-order chi connectivity index (χ0) is 13.2. The van der Waals surface area contributed by atoms with Gasteiger partial charge in [0, 0.05) is 17.8 Å². The van der Waals surface area contributed by atoms with E-state index in [-0.39, 0.29) is 0 Å². The predicted molar refractivity (Wildman–Crippen MR) is 78.7 cm³/mol. The van der Waals surface area contributed by atoms with Gasteiger partial charge in [-0.1, -0.05) is 11.6 Å². The minimum Gasteiger partial charge on any atom is -0.396 e. The highest BCUT2D eigenvalue weighted by Crippen LogP contribution is 2.31. The number of nitrogens with two attached hydrogens (primary N) is 1. The summed E-state index contributed by atoms with van der Waals surface area (Å²) in [6, 6.07) is 9.34. The fraction of sp³-hybridized carbons (Fsp3) is 0. The second-order valence-electron chi connectivity index (χ2n) is 4.08. The van der Waals surface area contributed by atoms with Gasteiger partial charge in [-0.05, 0) is 30.3 Å². The van der Waals surface area contributed by atoms with Crippen LogP contribution in [0.25, 0.3) is 10.9 Å². The maximum Gasteiger partial charge on any atom is 0.0951 e. The zero-order valence-corrected chi connectivity index (χ0v) is 10.7. The number of fused-ring (bicyclic) bond motifs is 1. The van der Waals surface area contributed by atoms with Crippen LogP contribution in [0.15, 0.2) is 48.9 Å². The molecule has 0 saturated heterocycles. The molecule has 0 radical (unpaired) electrons. The highest BCUT2D eigenvalue weighted by molar-refractivity contribution is 6.35. The van der Waals surface area contributed by atoms with Crippen LogP contribution in [0.4, 0.5) is 17.1 Å². The van der Waals surface area contributed by atoms with Crippen molar-refractivity contribution in [3.05, 3.63) is 53.9 Å². The first-order valence-corrected chi connectivity index (χ1v) is 6.13. The Hall–Kier alpha value is -2.33. The minimum absolute atomic E-state index is 0.585. The normalized spacial score (nSPS) is 10.6. The third-order valence-electron chi connectivity index (χ3n) is 2.84. The molecule has 0 aliphatic rings. The maximum atomic E-state index is 6.16. The molecule has 19 heavy (non-hydrogen) atoms. The van der Waals surface area contributed by atoms with Gasteiger partial charge in [0.05, 0.1) is 33.8 Å². The minimum atomic E-state index is 0.585. The monoisotopic (exact) mass is 270 g/mol. The number of rotatable bonds is 2. The Balaban J connectivity index is 2.12. The van der Waals surface area contributed by atoms with Crippen LogP contribution in [0.2, 0.25) is 5.02 Å². The van der Waals surface area contributed by atoms with Crippen LogP contribution in [0, 0.1) is 0 Å². The SMILES string of the molecule is Nc1cnccc1Nc1ccc(Cl)c2cccnc12. The average Bonchev–Trinajstić information content (AvgIpc) is 2.44. The van der Waals surface area contributed by atoms with Crippen LogP contribution < -0.4 is 11.1 Å². The average molecular weight is 271 g/mol. The molecular formula is C14H11ClN4. The lowest BCUT2D eigenvalue weighted by atomic mass is 10.2. The number of halogens is 1.